The Bertz CT molecular complexity index is 688. The number of carbonyl (C=O) groups excluding carboxylic acids is 2. The number of fused-ring (bicyclic) bond motifs is 2. The number of hydrogen-bond acceptors (Lipinski definition) is 7. The van der Waals surface area contributed by atoms with Crippen LogP contribution in [0.1, 0.15) is 19.8 Å². The van der Waals surface area contributed by atoms with Gasteiger partial charge in [0.25, 0.3) is 0 Å². The van der Waals surface area contributed by atoms with E-state index < -0.39 is 18.2 Å². The number of rotatable bonds is 3. The number of carboxylic acids is 1. The summed E-state index contributed by atoms with van der Waals surface area (Å²) in [7, 11) is 0. The molecule has 0 aromatic rings. The van der Waals surface area contributed by atoms with Gasteiger partial charge in [-0.25, -0.2) is 4.79 Å². The van der Waals surface area contributed by atoms with E-state index in [1.807, 2.05) is 6.92 Å². The maximum absolute atomic E-state index is 11.1. The maximum Gasteiger partial charge on any atom is 0.334 e. The highest BCUT2D eigenvalue weighted by Crippen LogP contribution is 2.36. The van der Waals surface area contributed by atoms with E-state index in [4.69, 9.17) is 24.8 Å². The van der Waals surface area contributed by atoms with Gasteiger partial charge in [0.1, 0.15) is 11.5 Å². The van der Waals surface area contributed by atoms with Crippen LogP contribution in [0.25, 0.3) is 0 Å². The summed E-state index contributed by atoms with van der Waals surface area (Å²) in [6.45, 7) is 1.57. The molecule has 4 aliphatic rings. The van der Waals surface area contributed by atoms with Crippen LogP contribution in [0.3, 0.4) is 0 Å². The van der Waals surface area contributed by atoms with E-state index in [0.29, 0.717) is 12.2 Å². The van der Waals surface area contributed by atoms with E-state index in [1.165, 1.54) is 11.0 Å². The Balaban J connectivity index is 0.000000152. The molecule has 10 heteroatoms. The van der Waals surface area contributed by atoms with Crippen LogP contribution in [-0.4, -0.2) is 80.7 Å². The van der Waals surface area contributed by atoms with Gasteiger partial charge in [0, 0.05) is 0 Å². The number of aliphatic carboxylic acids is 1. The van der Waals surface area contributed by atoms with Crippen LogP contribution in [0.15, 0.2) is 23.7 Å². The zero-order valence-electron chi connectivity index (χ0n) is 14.1. The number of carbonyl (C=O) groups is 3. The second-order valence-corrected chi connectivity index (χ2v) is 6.15. The zero-order chi connectivity index (χ0) is 19.0. The Morgan fingerprint density at radius 3 is 2.00 bits per heavy atom. The first kappa shape index (κ1) is 18.2. The van der Waals surface area contributed by atoms with Crippen LogP contribution in [0.5, 0.6) is 0 Å². The predicted octanol–water partition coefficient (Wildman–Crippen LogP) is -1.26. The molecule has 26 heavy (non-hydrogen) atoms. The van der Waals surface area contributed by atoms with Crippen molar-refractivity contribution in [2.45, 2.75) is 44.3 Å². The Labute approximate surface area is 148 Å². The smallest absolute Gasteiger partial charge is 0.334 e. The van der Waals surface area contributed by atoms with E-state index in [-0.39, 0.29) is 49.5 Å². The standard InChI is InChI=1S/C8H9NO5.C8H11NO3/c10-2-1-4-7(8(12)13)9-5(11)3-6(9)14-4;1-5-6(2-3-10)12-8-4-7(11)9(5)8/h1,6-7,10H,2-3H2,(H,12,13);2,5,8,10H,3-4H2,1H3/b4-1-;6-2-. The van der Waals surface area contributed by atoms with Crippen molar-refractivity contribution < 1.29 is 39.2 Å². The lowest BCUT2D eigenvalue weighted by Crippen LogP contribution is -2.54. The molecule has 10 nitrogen and oxygen atoms in total. The Kier molecular flexibility index (Phi) is 4.88. The first-order chi connectivity index (χ1) is 12.4. The minimum Gasteiger partial charge on any atom is -0.479 e. The number of hydrogen-bond donors (Lipinski definition) is 3. The summed E-state index contributed by atoms with van der Waals surface area (Å²) >= 11 is 0. The summed E-state index contributed by atoms with van der Waals surface area (Å²) in [6, 6.07) is -1.06. The molecule has 4 atom stereocenters. The van der Waals surface area contributed by atoms with Crippen LogP contribution in [-0.2, 0) is 23.9 Å². The molecule has 0 aromatic carbocycles. The average molecular weight is 368 g/mol. The topological polar surface area (TPSA) is 137 Å². The summed E-state index contributed by atoms with van der Waals surface area (Å²) < 4.78 is 10.6. The molecular formula is C16H20N2O8. The van der Waals surface area contributed by atoms with Gasteiger partial charge in [0.15, 0.2) is 18.5 Å². The highest BCUT2D eigenvalue weighted by molar-refractivity contribution is 5.91. The van der Waals surface area contributed by atoms with Crippen molar-refractivity contribution in [2.24, 2.45) is 0 Å². The maximum atomic E-state index is 11.1. The highest BCUT2D eigenvalue weighted by atomic mass is 16.5. The SMILES string of the molecule is CC1/C(=C/CO)OC2CC(=O)N21.O=C(O)C1/C(=C/CO)OC2CC(=O)N21. The molecule has 4 fully saturated rings. The molecule has 4 heterocycles. The summed E-state index contributed by atoms with van der Waals surface area (Å²) in [5.41, 5.74) is 0. The van der Waals surface area contributed by atoms with Crippen molar-refractivity contribution in [1.29, 1.82) is 0 Å². The number of amides is 2. The average Bonchev–Trinajstić information content (AvgIpc) is 2.99. The number of nitrogens with zero attached hydrogens (tertiary/aromatic N) is 2. The first-order valence-electron chi connectivity index (χ1n) is 8.19. The quantitative estimate of drug-likeness (QED) is 0.525. The molecule has 0 aliphatic carbocycles. The molecule has 0 spiro atoms. The van der Waals surface area contributed by atoms with Gasteiger partial charge < -0.3 is 24.8 Å². The van der Waals surface area contributed by atoms with Crippen LogP contribution in [0, 0.1) is 0 Å². The van der Waals surface area contributed by atoms with Gasteiger partial charge in [-0.05, 0) is 19.1 Å². The largest absolute Gasteiger partial charge is 0.479 e. The summed E-state index contributed by atoms with van der Waals surface area (Å²) in [5.74, 6) is -0.373. The van der Waals surface area contributed by atoms with Crippen LogP contribution in [0.4, 0.5) is 0 Å². The van der Waals surface area contributed by atoms with Crippen molar-refractivity contribution >= 4 is 17.8 Å². The lowest BCUT2D eigenvalue weighted by molar-refractivity contribution is -0.163. The van der Waals surface area contributed by atoms with Crippen molar-refractivity contribution in [3.8, 4) is 0 Å². The molecule has 4 rings (SSSR count). The summed E-state index contributed by atoms with van der Waals surface area (Å²) in [6.07, 6.45) is 3.05. The molecule has 0 aromatic heterocycles. The minimum absolute atomic E-state index is 0.00315. The fourth-order valence-corrected chi connectivity index (χ4v) is 3.33. The molecule has 4 unspecified atom stereocenters. The van der Waals surface area contributed by atoms with Gasteiger partial charge in [-0.1, -0.05) is 0 Å². The van der Waals surface area contributed by atoms with Crippen molar-refractivity contribution in [3.63, 3.8) is 0 Å². The summed E-state index contributed by atoms with van der Waals surface area (Å²) in [5, 5.41) is 26.1. The molecule has 0 radical (unpaired) electrons. The fourth-order valence-electron chi connectivity index (χ4n) is 3.33. The van der Waals surface area contributed by atoms with Crippen molar-refractivity contribution in [1.82, 2.24) is 9.80 Å². The van der Waals surface area contributed by atoms with Crippen LogP contribution < -0.4 is 0 Å². The molecular weight excluding hydrogens is 348 g/mol. The van der Waals surface area contributed by atoms with Gasteiger partial charge in [0.2, 0.25) is 11.8 Å². The van der Waals surface area contributed by atoms with Crippen LogP contribution >= 0.6 is 0 Å². The molecule has 0 saturated carbocycles. The Morgan fingerprint density at radius 2 is 1.54 bits per heavy atom. The molecule has 142 valence electrons. The van der Waals surface area contributed by atoms with Crippen molar-refractivity contribution in [3.05, 3.63) is 23.7 Å². The van der Waals surface area contributed by atoms with E-state index in [1.54, 1.807) is 11.0 Å². The number of ether oxygens (including phenoxy) is 2. The van der Waals surface area contributed by atoms with Gasteiger partial charge >= 0.3 is 5.97 Å². The van der Waals surface area contributed by atoms with Gasteiger partial charge in [-0.15, -0.1) is 0 Å². The second-order valence-electron chi connectivity index (χ2n) is 6.15. The number of aliphatic hydroxyl groups is 2. The number of carboxylic acid groups (broad SMARTS) is 1. The predicted molar refractivity (Wildman–Crippen MR) is 83.9 cm³/mol. The van der Waals surface area contributed by atoms with E-state index in [2.05, 4.69) is 0 Å². The molecule has 4 aliphatic heterocycles. The highest BCUT2D eigenvalue weighted by Gasteiger charge is 2.53. The van der Waals surface area contributed by atoms with Crippen molar-refractivity contribution in [2.75, 3.05) is 13.2 Å². The van der Waals surface area contributed by atoms with Gasteiger partial charge in [-0.3, -0.25) is 19.4 Å². The number of aliphatic hydroxyl groups excluding tert-OH is 2. The number of β-lactam (4-membered cyclic amide) rings is 2. The Hall–Kier alpha value is -2.59. The zero-order valence-corrected chi connectivity index (χ0v) is 14.1. The second kappa shape index (κ2) is 6.96. The van der Waals surface area contributed by atoms with E-state index in [9.17, 15) is 14.4 Å². The minimum atomic E-state index is -1.14. The van der Waals surface area contributed by atoms with E-state index in [0.717, 1.165) is 0 Å². The monoisotopic (exact) mass is 368 g/mol. The lowest BCUT2D eigenvalue weighted by Gasteiger charge is -2.33. The molecule has 4 saturated heterocycles. The van der Waals surface area contributed by atoms with Gasteiger partial charge in [0.05, 0.1) is 32.1 Å². The molecule has 2 amide bonds. The van der Waals surface area contributed by atoms with E-state index >= 15 is 0 Å². The first-order valence-corrected chi connectivity index (χ1v) is 8.19. The molecule has 3 N–H and O–H groups in total. The Morgan fingerprint density at radius 1 is 1.04 bits per heavy atom. The fraction of sp³-hybridized carbons (Fsp3) is 0.562. The lowest BCUT2D eigenvalue weighted by atomic mass is 10.1. The molecule has 0 bridgehead atoms. The van der Waals surface area contributed by atoms with Crippen LogP contribution in [0.2, 0.25) is 0 Å². The third-order valence-electron chi connectivity index (χ3n) is 4.63. The third-order valence-corrected chi connectivity index (χ3v) is 4.63. The normalized spacial score (nSPS) is 34.3. The summed E-state index contributed by atoms with van der Waals surface area (Å²) in [4.78, 5) is 35.8. The van der Waals surface area contributed by atoms with Gasteiger partial charge in [-0.2, -0.15) is 0 Å². The third kappa shape index (κ3) is 2.90.